The molecule has 1 heterocycles. The van der Waals surface area contributed by atoms with Gasteiger partial charge in [0, 0.05) is 4.83 Å². The number of thiophene rings is 1. The van der Waals surface area contributed by atoms with E-state index in [1.165, 1.54) is 56.9 Å². The number of hydrogen-bond acceptors (Lipinski definition) is 1. The van der Waals surface area contributed by atoms with Gasteiger partial charge in [-0.3, -0.25) is 0 Å². The Labute approximate surface area is 112 Å². The molecule has 1 atom stereocenters. The van der Waals surface area contributed by atoms with Crippen LogP contribution >= 0.6 is 27.3 Å². The maximum Gasteiger partial charge on any atom is 0.0186 e. The van der Waals surface area contributed by atoms with Gasteiger partial charge in [0.05, 0.1) is 0 Å². The highest BCUT2D eigenvalue weighted by atomic mass is 79.9. The third-order valence-electron chi connectivity index (χ3n) is 3.65. The average molecular weight is 301 g/mol. The predicted molar refractivity (Wildman–Crippen MR) is 76.5 cm³/mol. The van der Waals surface area contributed by atoms with Crippen LogP contribution in [0.2, 0.25) is 0 Å². The van der Waals surface area contributed by atoms with Gasteiger partial charge >= 0.3 is 0 Å². The highest BCUT2D eigenvalue weighted by molar-refractivity contribution is 9.09. The zero-order valence-electron chi connectivity index (χ0n) is 9.83. The van der Waals surface area contributed by atoms with Crippen LogP contribution in [0.3, 0.4) is 0 Å². The molecular formula is C14H21BrS. The van der Waals surface area contributed by atoms with E-state index in [0.717, 1.165) is 5.92 Å². The van der Waals surface area contributed by atoms with Gasteiger partial charge in [-0.2, -0.15) is 11.3 Å². The molecule has 1 aromatic heterocycles. The minimum absolute atomic E-state index is 0.684. The minimum Gasteiger partial charge on any atom is -0.152 e. The summed E-state index contributed by atoms with van der Waals surface area (Å²) in [6.45, 7) is 0. The van der Waals surface area contributed by atoms with E-state index in [0.29, 0.717) is 4.83 Å². The summed E-state index contributed by atoms with van der Waals surface area (Å²) in [5, 5.41) is 4.45. The minimum atomic E-state index is 0.684. The summed E-state index contributed by atoms with van der Waals surface area (Å²) in [7, 11) is 0. The summed E-state index contributed by atoms with van der Waals surface area (Å²) in [6.07, 6.45) is 11.4. The lowest BCUT2D eigenvalue weighted by Crippen LogP contribution is -2.10. The van der Waals surface area contributed by atoms with Crippen LogP contribution in [-0.2, 0) is 6.42 Å². The molecule has 1 aromatic rings. The second kappa shape index (κ2) is 6.80. The van der Waals surface area contributed by atoms with Crippen LogP contribution in [0.25, 0.3) is 0 Å². The van der Waals surface area contributed by atoms with E-state index in [2.05, 4.69) is 32.8 Å². The molecule has 0 amide bonds. The molecule has 1 aliphatic rings. The van der Waals surface area contributed by atoms with Crippen LogP contribution in [0.1, 0.15) is 50.5 Å². The molecule has 0 N–H and O–H groups in total. The lowest BCUT2D eigenvalue weighted by atomic mass is 9.85. The van der Waals surface area contributed by atoms with Crippen molar-refractivity contribution >= 4 is 27.3 Å². The van der Waals surface area contributed by atoms with Crippen molar-refractivity contribution in [2.24, 2.45) is 5.92 Å². The van der Waals surface area contributed by atoms with Crippen LogP contribution in [0.4, 0.5) is 0 Å². The van der Waals surface area contributed by atoms with Gasteiger partial charge in [0.2, 0.25) is 0 Å². The molecule has 0 aromatic carbocycles. The fraction of sp³-hybridized carbons (Fsp3) is 0.714. The number of alkyl halides is 1. The van der Waals surface area contributed by atoms with Crippen LogP contribution in [0.15, 0.2) is 16.8 Å². The number of halogens is 1. The summed E-state index contributed by atoms with van der Waals surface area (Å²) < 4.78 is 0. The van der Waals surface area contributed by atoms with E-state index < -0.39 is 0 Å². The maximum atomic E-state index is 3.83. The lowest BCUT2D eigenvalue weighted by molar-refractivity contribution is 0.331. The second-order valence-electron chi connectivity index (χ2n) is 5.01. The van der Waals surface area contributed by atoms with Gasteiger partial charge in [0.25, 0.3) is 0 Å². The molecular weight excluding hydrogens is 280 g/mol. The van der Waals surface area contributed by atoms with E-state index in [9.17, 15) is 0 Å². The molecule has 0 nitrogen and oxygen atoms in total. The Hall–Kier alpha value is 0.180. The molecule has 2 rings (SSSR count). The van der Waals surface area contributed by atoms with E-state index in [1.807, 2.05) is 0 Å². The zero-order valence-corrected chi connectivity index (χ0v) is 12.2. The van der Waals surface area contributed by atoms with Crippen LogP contribution in [0.5, 0.6) is 0 Å². The topological polar surface area (TPSA) is 0 Å². The molecule has 2 heteroatoms. The maximum absolute atomic E-state index is 3.83. The Morgan fingerprint density at radius 1 is 1.31 bits per heavy atom. The first-order valence-corrected chi connectivity index (χ1v) is 8.35. The number of rotatable bonds is 5. The highest BCUT2D eigenvalue weighted by Crippen LogP contribution is 2.29. The van der Waals surface area contributed by atoms with Crippen LogP contribution < -0.4 is 0 Å². The Bertz CT molecular complexity index is 275. The van der Waals surface area contributed by atoms with Crippen LogP contribution in [-0.4, -0.2) is 4.83 Å². The van der Waals surface area contributed by atoms with Crippen molar-refractivity contribution in [1.29, 1.82) is 0 Å². The Balaban J connectivity index is 1.65. The van der Waals surface area contributed by atoms with E-state index in [4.69, 9.17) is 0 Å². The quantitative estimate of drug-likeness (QED) is 0.637. The van der Waals surface area contributed by atoms with Crippen molar-refractivity contribution in [3.8, 4) is 0 Å². The summed E-state index contributed by atoms with van der Waals surface area (Å²) in [5.74, 6) is 1.02. The van der Waals surface area contributed by atoms with Crippen molar-refractivity contribution in [2.45, 2.75) is 56.2 Å². The monoisotopic (exact) mass is 300 g/mol. The predicted octanol–water partition coefficient (Wildman–Crippen LogP) is 5.41. The van der Waals surface area contributed by atoms with Gasteiger partial charge in [-0.1, -0.05) is 48.0 Å². The molecule has 90 valence electrons. The third kappa shape index (κ3) is 4.21. The molecule has 0 saturated heterocycles. The van der Waals surface area contributed by atoms with Gasteiger partial charge in [0.15, 0.2) is 0 Å². The number of hydrogen-bond donors (Lipinski definition) is 0. The third-order valence-corrected chi connectivity index (χ3v) is 5.16. The fourth-order valence-electron chi connectivity index (χ4n) is 2.66. The fourth-order valence-corrected chi connectivity index (χ4v) is 3.98. The first kappa shape index (κ1) is 12.6. The van der Waals surface area contributed by atoms with Gasteiger partial charge in [-0.15, -0.1) is 0 Å². The smallest absolute Gasteiger partial charge is 0.0186 e. The van der Waals surface area contributed by atoms with E-state index in [-0.39, 0.29) is 0 Å². The first-order chi connectivity index (χ1) is 7.84. The summed E-state index contributed by atoms with van der Waals surface area (Å²) in [4.78, 5) is 0.684. The summed E-state index contributed by atoms with van der Waals surface area (Å²) >= 11 is 5.64. The van der Waals surface area contributed by atoms with E-state index in [1.54, 1.807) is 11.3 Å². The van der Waals surface area contributed by atoms with Crippen molar-refractivity contribution in [3.63, 3.8) is 0 Å². The second-order valence-corrected chi connectivity index (χ2v) is 7.09. The Morgan fingerprint density at radius 3 is 2.81 bits per heavy atom. The van der Waals surface area contributed by atoms with Gasteiger partial charge in [-0.25, -0.2) is 0 Å². The SMILES string of the molecule is BrC(CCC1CCCCC1)Cc1ccsc1. The molecule has 16 heavy (non-hydrogen) atoms. The van der Waals surface area contributed by atoms with Crippen molar-refractivity contribution < 1.29 is 0 Å². The van der Waals surface area contributed by atoms with Gasteiger partial charge in [0.1, 0.15) is 0 Å². The molecule has 1 aliphatic carbocycles. The molecule has 0 radical (unpaired) electrons. The Kier molecular flexibility index (Phi) is 5.37. The Morgan fingerprint density at radius 2 is 2.12 bits per heavy atom. The lowest BCUT2D eigenvalue weighted by Gasteiger charge is -2.22. The van der Waals surface area contributed by atoms with Crippen molar-refractivity contribution in [3.05, 3.63) is 22.4 Å². The average Bonchev–Trinajstić information content (AvgIpc) is 2.81. The van der Waals surface area contributed by atoms with Crippen LogP contribution in [0, 0.1) is 5.92 Å². The largest absolute Gasteiger partial charge is 0.152 e. The molecule has 0 aliphatic heterocycles. The highest BCUT2D eigenvalue weighted by Gasteiger charge is 2.15. The standard InChI is InChI=1S/C14H21BrS/c15-14(10-13-8-9-16-11-13)7-6-12-4-2-1-3-5-12/h8-9,11-12,14H,1-7,10H2. The van der Waals surface area contributed by atoms with Crippen molar-refractivity contribution in [1.82, 2.24) is 0 Å². The molecule has 1 fully saturated rings. The summed E-state index contributed by atoms with van der Waals surface area (Å²) in [6, 6.07) is 2.25. The first-order valence-electron chi connectivity index (χ1n) is 6.50. The van der Waals surface area contributed by atoms with E-state index >= 15 is 0 Å². The normalized spacial score (nSPS) is 19.8. The molecule has 0 bridgehead atoms. The molecule has 1 saturated carbocycles. The molecule has 1 unspecified atom stereocenters. The zero-order chi connectivity index (χ0) is 11.2. The molecule has 0 spiro atoms. The van der Waals surface area contributed by atoms with Gasteiger partial charge in [-0.05, 0) is 47.6 Å². The van der Waals surface area contributed by atoms with Crippen molar-refractivity contribution in [2.75, 3.05) is 0 Å². The summed E-state index contributed by atoms with van der Waals surface area (Å²) in [5.41, 5.74) is 1.50. The van der Waals surface area contributed by atoms with Gasteiger partial charge < -0.3 is 0 Å².